The monoisotopic (exact) mass is 348 g/mol. The molecule has 2 aromatic rings. The average Bonchev–Trinajstić information content (AvgIpc) is 2.65. The molecule has 0 aromatic heterocycles. The van der Waals surface area contributed by atoms with Crippen LogP contribution in [-0.4, -0.2) is 6.61 Å². The molecule has 138 valence electrons. The molecule has 0 heterocycles. The fourth-order valence-electron chi connectivity index (χ4n) is 2.75. The van der Waals surface area contributed by atoms with E-state index in [-0.39, 0.29) is 0 Å². The molecule has 0 saturated carbocycles. The van der Waals surface area contributed by atoms with Gasteiger partial charge in [-0.3, -0.25) is 0 Å². The molecule has 0 saturated heterocycles. The molecule has 0 radical (unpaired) electrons. The van der Waals surface area contributed by atoms with Crippen molar-refractivity contribution in [1.29, 1.82) is 0 Å². The zero-order chi connectivity index (χ0) is 18.6. The number of aryl methyl sites for hydroxylation is 1. The van der Waals surface area contributed by atoms with Crippen LogP contribution in [0.25, 0.3) is 0 Å². The lowest BCUT2D eigenvalue weighted by Gasteiger charge is -2.05. The molecular formula is C25H32O. The lowest BCUT2D eigenvalue weighted by molar-refractivity contribution is 0.309. The van der Waals surface area contributed by atoms with E-state index in [0.717, 1.165) is 42.2 Å². The molecule has 2 aromatic carbocycles. The van der Waals surface area contributed by atoms with Crippen LogP contribution < -0.4 is 4.74 Å². The molecule has 0 aliphatic carbocycles. The summed E-state index contributed by atoms with van der Waals surface area (Å²) in [6.45, 7) is 7.54. The molecule has 0 bridgehead atoms. The summed E-state index contributed by atoms with van der Waals surface area (Å²) in [7, 11) is 0. The second kappa shape index (κ2) is 11.4. The van der Waals surface area contributed by atoms with Crippen molar-refractivity contribution in [3.63, 3.8) is 0 Å². The molecule has 1 nitrogen and oxygen atoms in total. The van der Waals surface area contributed by atoms with Crippen LogP contribution in [0, 0.1) is 17.8 Å². The van der Waals surface area contributed by atoms with Crippen LogP contribution in [0.2, 0.25) is 0 Å². The van der Waals surface area contributed by atoms with Gasteiger partial charge in [-0.05, 0) is 67.1 Å². The zero-order valence-electron chi connectivity index (χ0n) is 16.6. The van der Waals surface area contributed by atoms with Crippen LogP contribution >= 0.6 is 0 Å². The Morgan fingerprint density at radius 3 is 2.00 bits per heavy atom. The lowest BCUT2D eigenvalue weighted by atomic mass is 10.0. The number of hydrogen-bond donors (Lipinski definition) is 0. The number of benzene rings is 2. The van der Waals surface area contributed by atoms with E-state index in [9.17, 15) is 0 Å². The Morgan fingerprint density at radius 1 is 0.808 bits per heavy atom. The van der Waals surface area contributed by atoms with Crippen LogP contribution in [0.1, 0.15) is 69.6 Å². The largest absolute Gasteiger partial charge is 0.494 e. The van der Waals surface area contributed by atoms with Crippen LogP contribution in [0.15, 0.2) is 48.5 Å². The van der Waals surface area contributed by atoms with Crippen LogP contribution in [0.4, 0.5) is 0 Å². The molecule has 0 atom stereocenters. The van der Waals surface area contributed by atoms with Crippen molar-refractivity contribution in [1.82, 2.24) is 0 Å². The molecule has 0 aliphatic heterocycles. The van der Waals surface area contributed by atoms with Gasteiger partial charge in [0.2, 0.25) is 0 Å². The summed E-state index contributed by atoms with van der Waals surface area (Å²) in [5, 5.41) is 0. The highest BCUT2D eigenvalue weighted by Crippen LogP contribution is 2.13. The van der Waals surface area contributed by atoms with Gasteiger partial charge in [0.1, 0.15) is 5.75 Å². The highest BCUT2D eigenvalue weighted by molar-refractivity contribution is 5.44. The third-order valence-corrected chi connectivity index (χ3v) is 4.42. The molecule has 1 heteroatoms. The molecule has 0 unspecified atom stereocenters. The molecule has 0 spiro atoms. The maximum Gasteiger partial charge on any atom is 0.119 e. The van der Waals surface area contributed by atoms with Gasteiger partial charge in [-0.1, -0.05) is 64.0 Å². The van der Waals surface area contributed by atoms with Gasteiger partial charge >= 0.3 is 0 Å². The predicted molar refractivity (Wildman–Crippen MR) is 112 cm³/mol. The zero-order valence-corrected chi connectivity index (χ0v) is 16.6. The summed E-state index contributed by atoms with van der Waals surface area (Å²) in [6, 6.07) is 16.7. The van der Waals surface area contributed by atoms with E-state index < -0.39 is 0 Å². The number of rotatable bonds is 9. The van der Waals surface area contributed by atoms with E-state index in [1.807, 2.05) is 24.3 Å². The predicted octanol–water partition coefficient (Wildman–Crippen LogP) is 6.63. The minimum atomic E-state index is 0.783. The summed E-state index contributed by atoms with van der Waals surface area (Å²) in [6.07, 6.45) is 7.33. The van der Waals surface area contributed by atoms with Gasteiger partial charge in [0.15, 0.2) is 0 Å². The Bertz CT molecular complexity index is 684. The van der Waals surface area contributed by atoms with Gasteiger partial charge in [0, 0.05) is 11.1 Å². The third kappa shape index (κ3) is 7.79. The quantitative estimate of drug-likeness (QED) is 0.365. The van der Waals surface area contributed by atoms with Crippen LogP contribution in [-0.2, 0) is 6.42 Å². The van der Waals surface area contributed by atoms with Crippen LogP contribution in [0.3, 0.4) is 0 Å². The average molecular weight is 349 g/mol. The Hall–Kier alpha value is -2.20. The van der Waals surface area contributed by atoms with Gasteiger partial charge in [-0.25, -0.2) is 0 Å². The van der Waals surface area contributed by atoms with Gasteiger partial charge in [0.25, 0.3) is 0 Å². The van der Waals surface area contributed by atoms with Crippen molar-refractivity contribution in [3.05, 3.63) is 65.2 Å². The molecule has 0 aliphatic rings. The molecule has 26 heavy (non-hydrogen) atoms. The van der Waals surface area contributed by atoms with E-state index in [1.54, 1.807) is 0 Å². The first-order chi connectivity index (χ1) is 12.7. The second-order valence-corrected chi connectivity index (χ2v) is 7.31. The van der Waals surface area contributed by atoms with Gasteiger partial charge < -0.3 is 4.74 Å². The minimum Gasteiger partial charge on any atom is -0.494 e. The number of hydrogen-bond acceptors (Lipinski definition) is 1. The molecule has 0 fully saturated rings. The van der Waals surface area contributed by atoms with Crippen molar-refractivity contribution in [2.75, 3.05) is 6.61 Å². The highest BCUT2D eigenvalue weighted by atomic mass is 16.5. The Balaban J connectivity index is 1.83. The first-order valence-corrected chi connectivity index (χ1v) is 10.0. The van der Waals surface area contributed by atoms with E-state index in [0.29, 0.717) is 0 Å². The fourth-order valence-corrected chi connectivity index (χ4v) is 2.75. The maximum absolute atomic E-state index is 5.68. The summed E-state index contributed by atoms with van der Waals surface area (Å²) in [5.41, 5.74) is 3.50. The normalized spacial score (nSPS) is 10.5. The van der Waals surface area contributed by atoms with Crippen molar-refractivity contribution in [3.8, 4) is 17.6 Å². The summed E-state index contributed by atoms with van der Waals surface area (Å²) >= 11 is 0. The second-order valence-electron chi connectivity index (χ2n) is 7.31. The van der Waals surface area contributed by atoms with Crippen LogP contribution in [0.5, 0.6) is 5.75 Å². The fraction of sp³-hybridized carbons (Fsp3) is 0.440. The van der Waals surface area contributed by atoms with Crippen molar-refractivity contribution in [2.45, 2.75) is 59.3 Å². The van der Waals surface area contributed by atoms with Crippen molar-refractivity contribution >= 4 is 0 Å². The van der Waals surface area contributed by atoms with E-state index in [2.05, 4.69) is 56.9 Å². The maximum atomic E-state index is 5.68. The number of ether oxygens (including phenoxy) is 1. The first kappa shape index (κ1) is 20.1. The van der Waals surface area contributed by atoms with Crippen molar-refractivity contribution < 1.29 is 4.74 Å². The minimum absolute atomic E-state index is 0.783. The summed E-state index contributed by atoms with van der Waals surface area (Å²) < 4.78 is 5.68. The van der Waals surface area contributed by atoms with Gasteiger partial charge in [-0.15, -0.1) is 0 Å². The molecule has 2 rings (SSSR count). The summed E-state index contributed by atoms with van der Waals surface area (Å²) in [5.74, 6) is 8.22. The standard InChI is InChI=1S/C25H32O/c1-4-5-20-26-25-18-16-24(17-19-25)15-14-23-12-10-22(11-13-23)9-7-6-8-21(2)3/h10-13,16-19,21H,4-9,20H2,1-3H3. The third-order valence-electron chi connectivity index (χ3n) is 4.42. The molecule has 0 amide bonds. The topological polar surface area (TPSA) is 9.23 Å². The molecular weight excluding hydrogens is 316 g/mol. The highest BCUT2D eigenvalue weighted by Gasteiger charge is 1.97. The Kier molecular flexibility index (Phi) is 8.84. The lowest BCUT2D eigenvalue weighted by Crippen LogP contribution is -1.95. The first-order valence-electron chi connectivity index (χ1n) is 10.0. The Morgan fingerprint density at radius 2 is 1.42 bits per heavy atom. The molecule has 0 N–H and O–H groups in total. The van der Waals surface area contributed by atoms with Gasteiger partial charge in [0.05, 0.1) is 6.61 Å². The van der Waals surface area contributed by atoms with E-state index in [1.165, 1.54) is 31.2 Å². The van der Waals surface area contributed by atoms with E-state index >= 15 is 0 Å². The van der Waals surface area contributed by atoms with Crippen molar-refractivity contribution in [2.24, 2.45) is 5.92 Å². The smallest absolute Gasteiger partial charge is 0.119 e. The summed E-state index contributed by atoms with van der Waals surface area (Å²) in [4.78, 5) is 0. The Labute approximate surface area is 159 Å². The SMILES string of the molecule is CCCCOc1ccc(C#Cc2ccc(CCCCC(C)C)cc2)cc1. The number of unbranched alkanes of at least 4 members (excludes halogenated alkanes) is 2. The van der Waals surface area contributed by atoms with E-state index in [4.69, 9.17) is 4.74 Å². The van der Waals surface area contributed by atoms with Gasteiger partial charge in [-0.2, -0.15) is 0 Å².